The van der Waals surface area contributed by atoms with Crippen molar-refractivity contribution < 1.29 is 0 Å². The van der Waals surface area contributed by atoms with Gasteiger partial charge in [0.25, 0.3) is 0 Å². The predicted molar refractivity (Wildman–Crippen MR) is 162 cm³/mol. The highest BCUT2D eigenvalue weighted by molar-refractivity contribution is 5.75. The summed E-state index contributed by atoms with van der Waals surface area (Å²) in [7, 11) is 0. The van der Waals surface area contributed by atoms with E-state index in [1.54, 1.807) is 0 Å². The molecule has 1 aliphatic rings. The molecule has 1 saturated carbocycles. The molecule has 0 bridgehead atoms. The summed E-state index contributed by atoms with van der Waals surface area (Å²) in [5.74, 6) is 0.544. The van der Waals surface area contributed by atoms with Crippen LogP contribution in [0.2, 0.25) is 0 Å². The molecule has 0 amide bonds. The van der Waals surface area contributed by atoms with E-state index >= 15 is 0 Å². The van der Waals surface area contributed by atoms with Gasteiger partial charge in [-0.1, -0.05) is 118 Å². The first kappa shape index (κ1) is 26.3. The first-order valence-electron chi connectivity index (χ1n) is 13.6. The van der Waals surface area contributed by atoms with Crippen LogP contribution in [0, 0.1) is 5.92 Å². The average Bonchev–Trinajstić information content (AvgIpc) is 2.96. The lowest BCUT2D eigenvalue weighted by Gasteiger charge is -2.34. The van der Waals surface area contributed by atoms with Gasteiger partial charge in [0.2, 0.25) is 0 Å². The Morgan fingerprint density at radius 1 is 0.892 bits per heavy atom. The first-order valence-corrected chi connectivity index (χ1v) is 13.6. The molecule has 0 aliphatic heterocycles. The van der Waals surface area contributed by atoms with E-state index in [4.69, 9.17) is 0 Å². The molecule has 3 aromatic rings. The van der Waals surface area contributed by atoms with Gasteiger partial charge in [-0.2, -0.15) is 0 Å². The van der Waals surface area contributed by atoms with Crippen molar-refractivity contribution >= 4 is 23.1 Å². The third-order valence-corrected chi connectivity index (χ3v) is 7.28. The van der Waals surface area contributed by atoms with Crippen molar-refractivity contribution in [3.05, 3.63) is 133 Å². The highest BCUT2D eigenvalue weighted by Gasteiger charge is 2.22. The van der Waals surface area contributed by atoms with Crippen LogP contribution in [0.3, 0.4) is 0 Å². The minimum Gasteiger partial charge on any atom is -0.356 e. The van der Waals surface area contributed by atoms with E-state index in [2.05, 4.69) is 110 Å². The van der Waals surface area contributed by atoms with Crippen LogP contribution in [0.15, 0.2) is 116 Å². The molecule has 3 aromatic carbocycles. The minimum absolute atomic E-state index is 0.544. The molecule has 2 heteroatoms. The zero-order valence-electron chi connectivity index (χ0n) is 22.3. The smallest absolute Gasteiger partial charge is 0.0478 e. The van der Waals surface area contributed by atoms with Crippen molar-refractivity contribution in [2.75, 3.05) is 10.2 Å². The third-order valence-electron chi connectivity index (χ3n) is 7.28. The van der Waals surface area contributed by atoms with Crippen molar-refractivity contribution in [2.24, 2.45) is 5.92 Å². The molecule has 0 saturated heterocycles. The Balaban J connectivity index is 1.54. The summed E-state index contributed by atoms with van der Waals surface area (Å²) in [5, 5.41) is 3.44. The van der Waals surface area contributed by atoms with E-state index in [1.165, 1.54) is 54.6 Å². The maximum atomic E-state index is 4.63. The first-order chi connectivity index (χ1) is 18.0. The Labute approximate surface area is 223 Å². The van der Waals surface area contributed by atoms with Gasteiger partial charge in [0.15, 0.2) is 0 Å². The van der Waals surface area contributed by atoms with Crippen molar-refractivity contribution in [1.82, 2.24) is 0 Å². The fourth-order valence-electron chi connectivity index (χ4n) is 4.90. The largest absolute Gasteiger partial charge is 0.356 e. The fourth-order valence-corrected chi connectivity index (χ4v) is 4.90. The summed E-state index contributed by atoms with van der Waals surface area (Å²) in [6.45, 7) is 15.9. The summed E-state index contributed by atoms with van der Waals surface area (Å²) < 4.78 is 0. The number of anilines is 2. The quantitative estimate of drug-likeness (QED) is 0.270. The van der Waals surface area contributed by atoms with Crippen LogP contribution in [0.5, 0.6) is 0 Å². The van der Waals surface area contributed by atoms with Crippen molar-refractivity contribution in [3.63, 3.8) is 0 Å². The van der Waals surface area contributed by atoms with Gasteiger partial charge in [-0.25, -0.2) is 0 Å². The maximum Gasteiger partial charge on any atom is 0.0478 e. The number of rotatable bonds is 11. The molecule has 1 N–H and O–H groups in total. The highest BCUT2D eigenvalue weighted by Crippen LogP contribution is 2.34. The Kier molecular flexibility index (Phi) is 9.21. The molecular weight excluding hydrogens is 448 g/mol. The Morgan fingerprint density at radius 2 is 1.62 bits per heavy atom. The lowest BCUT2D eigenvalue weighted by molar-refractivity contribution is 0.396. The molecule has 4 rings (SSSR count). The maximum absolute atomic E-state index is 4.63. The Hall–Kier alpha value is -3.78. The van der Waals surface area contributed by atoms with Crippen LogP contribution >= 0.6 is 0 Å². The van der Waals surface area contributed by atoms with E-state index in [9.17, 15) is 0 Å². The van der Waals surface area contributed by atoms with Gasteiger partial charge in [0.05, 0.1) is 0 Å². The molecule has 0 radical (unpaired) electrons. The summed E-state index contributed by atoms with van der Waals surface area (Å²) in [5.41, 5.74) is 9.05. The molecule has 2 nitrogen and oxygen atoms in total. The number of hydrogen-bond acceptors (Lipinski definition) is 2. The molecule has 1 fully saturated rings. The molecule has 190 valence electrons. The number of benzene rings is 3. The number of nitrogens with zero attached hydrogens (tertiary/aromatic N) is 1. The molecule has 0 spiro atoms. The lowest BCUT2D eigenvalue weighted by atomic mass is 9.86. The van der Waals surface area contributed by atoms with Crippen molar-refractivity contribution in [3.8, 4) is 0 Å². The van der Waals surface area contributed by atoms with Crippen LogP contribution in [0.1, 0.15) is 62.1 Å². The average molecular weight is 489 g/mol. The normalized spacial score (nSPS) is 13.9. The van der Waals surface area contributed by atoms with Crippen LogP contribution in [0.4, 0.5) is 11.4 Å². The van der Waals surface area contributed by atoms with Gasteiger partial charge in [0.1, 0.15) is 0 Å². The van der Waals surface area contributed by atoms with Gasteiger partial charge < -0.3 is 10.2 Å². The monoisotopic (exact) mass is 488 g/mol. The highest BCUT2D eigenvalue weighted by atomic mass is 15.1. The van der Waals surface area contributed by atoms with Crippen molar-refractivity contribution in [1.29, 1.82) is 0 Å². The second-order valence-electron chi connectivity index (χ2n) is 10.0. The van der Waals surface area contributed by atoms with E-state index in [1.807, 2.05) is 18.2 Å². The predicted octanol–water partition coefficient (Wildman–Crippen LogP) is 9.85. The van der Waals surface area contributed by atoms with E-state index in [-0.39, 0.29) is 0 Å². The Bertz CT molecular complexity index is 1230. The van der Waals surface area contributed by atoms with Gasteiger partial charge in [-0.05, 0) is 66.1 Å². The molecule has 0 unspecified atom stereocenters. The summed E-state index contributed by atoms with van der Waals surface area (Å²) in [6.07, 6.45) is 11.6. The van der Waals surface area contributed by atoms with Crippen molar-refractivity contribution in [2.45, 2.75) is 52.0 Å². The number of nitrogens with one attached hydrogen (secondary N) is 1. The van der Waals surface area contributed by atoms with Gasteiger partial charge in [-0.15, -0.1) is 0 Å². The number of hydrogen-bond donors (Lipinski definition) is 1. The molecule has 0 aromatic heterocycles. The molecule has 0 heterocycles. The topological polar surface area (TPSA) is 15.3 Å². The van der Waals surface area contributed by atoms with E-state index in [0.29, 0.717) is 5.92 Å². The lowest BCUT2D eigenvalue weighted by Crippen LogP contribution is -2.27. The van der Waals surface area contributed by atoms with Crippen LogP contribution in [-0.2, 0) is 6.54 Å². The molecule has 37 heavy (non-hydrogen) atoms. The van der Waals surface area contributed by atoms with E-state index < -0.39 is 0 Å². The zero-order valence-corrected chi connectivity index (χ0v) is 22.3. The molecule has 0 atom stereocenters. The second-order valence-corrected chi connectivity index (χ2v) is 10.0. The van der Waals surface area contributed by atoms with Crippen LogP contribution < -0.4 is 10.2 Å². The van der Waals surface area contributed by atoms with Gasteiger partial charge in [0, 0.05) is 29.3 Å². The molecule has 1 aliphatic carbocycles. The van der Waals surface area contributed by atoms with Crippen LogP contribution in [-0.4, -0.2) is 0 Å². The standard InChI is InChI=1S/C35H40N2/c1-5-27(2)19-20-30-13-12-18-35(25-30)37(29(4)33-16-10-7-11-17-33)26-31-21-23-34(24-22-31)36-28(3)32-14-8-6-9-15-32/h6,8-9,12-15,18-25,33,36H,2-5,7,10-11,16-17,26H2,1H3/b20-19+. The second kappa shape index (κ2) is 13.0. The Morgan fingerprint density at radius 3 is 2.32 bits per heavy atom. The SMILES string of the molecule is C=C(/C=C/c1cccc(N(Cc2ccc(NC(=C)c3ccccc3)cc2)C(=C)C2CCCCC2)c1)CC. The van der Waals surface area contributed by atoms with E-state index in [0.717, 1.165) is 35.5 Å². The van der Waals surface area contributed by atoms with Crippen LogP contribution in [0.25, 0.3) is 11.8 Å². The third kappa shape index (κ3) is 7.36. The summed E-state index contributed by atoms with van der Waals surface area (Å²) in [4.78, 5) is 2.42. The summed E-state index contributed by atoms with van der Waals surface area (Å²) in [6, 6.07) is 27.7. The minimum atomic E-state index is 0.544. The molecular formula is C35H40N2. The zero-order chi connectivity index (χ0) is 26.0. The van der Waals surface area contributed by atoms with Gasteiger partial charge >= 0.3 is 0 Å². The number of allylic oxidation sites excluding steroid dienone is 3. The summed E-state index contributed by atoms with van der Waals surface area (Å²) >= 11 is 0. The fraction of sp³-hybridized carbons (Fsp3) is 0.257. The van der Waals surface area contributed by atoms with Gasteiger partial charge in [-0.3, -0.25) is 0 Å².